The molecule has 2 aliphatic rings. The molecule has 4 rings (SSSR count). The zero-order chi connectivity index (χ0) is 18.3. The van der Waals surface area contributed by atoms with Crippen LogP contribution in [0.15, 0.2) is 35.3 Å². The summed E-state index contributed by atoms with van der Waals surface area (Å²) >= 11 is 0. The summed E-state index contributed by atoms with van der Waals surface area (Å²) in [5.41, 5.74) is 0.497. The molecule has 0 radical (unpaired) electrons. The number of nitrogens with one attached hydrogen (secondary N) is 3. The van der Waals surface area contributed by atoms with Crippen molar-refractivity contribution in [2.75, 3.05) is 23.7 Å². The van der Waals surface area contributed by atoms with Crippen LogP contribution in [0.2, 0.25) is 0 Å². The van der Waals surface area contributed by atoms with Gasteiger partial charge in [-0.1, -0.05) is 12.1 Å². The number of likely N-dealkylation sites (tertiary alicyclic amines) is 1. The third-order valence-corrected chi connectivity index (χ3v) is 5.04. The minimum absolute atomic E-state index is 0.0259. The molecule has 8 nitrogen and oxygen atoms in total. The Bertz CT molecular complexity index is 944. The Morgan fingerprint density at radius 3 is 2.54 bits per heavy atom. The number of nitrogens with zero attached hydrogens (tertiary/aromatic N) is 2. The van der Waals surface area contributed by atoms with E-state index in [1.807, 2.05) is 24.3 Å². The Morgan fingerprint density at radius 2 is 1.85 bits per heavy atom. The zero-order valence-electron chi connectivity index (χ0n) is 14.3. The Morgan fingerprint density at radius 1 is 1.15 bits per heavy atom. The van der Waals surface area contributed by atoms with E-state index in [2.05, 4.69) is 20.6 Å². The summed E-state index contributed by atoms with van der Waals surface area (Å²) in [7, 11) is 0. The van der Waals surface area contributed by atoms with Crippen molar-refractivity contribution in [1.29, 1.82) is 0 Å². The number of rotatable bonds is 1. The number of anilines is 2. The molecule has 8 heteroatoms. The second kappa shape index (κ2) is 5.98. The first-order chi connectivity index (χ1) is 12.5. The Hall–Kier alpha value is -3.16. The molecule has 0 unspecified atom stereocenters. The van der Waals surface area contributed by atoms with E-state index in [0.717, 1.165) is 11.4 Å². The number of hydrogen-bond donors (Lipinski definition) is 3. The monoisotopic (exact) mass is 353 g/mol. The van der Waals surface area contributed by atoms with E-state index in [1.165, 1.54) is 6.20 Å². The number of aromatic nitrogens is 2. The van der Waals surface area contributed by atoms with E-state index in [4.69, 9.17) is 0 Å². The van der Waals surface area contributed by atoms with Crippen LogP contribution in [0.5, 0.6) is 0 Å². The van der Waals surface area contributed by atoms with Crippen molar-refractivity contribution in [3.8, 4) is 0 Å². The molecule has 0 aliphatic carbocycles. The largest absolute Gasteiger partial charge is 0.369 e. The molecular weight excluding hydrogens is 334 g/mol. The minimum atomic E-state index is -0.733. The van der Waals surface area contributed by atoms with Crippen LogP contribution in [0.25, 0.3) is 0 Å². The molecule has 1 fully saturated rings. The van der Waals surface area contributed by atoms with Gasteiger partial charge in [0.15, 0.2) is 0 Å². The summed E-state index contributed by atoms with van der Waals surface area (Å²) in [4.78, 5) is 45.4. The molecule has 134 valence electrons. The van der Waals surface area contributed by atoms with Crippen molar-refractivity contribution in [3.05, 3.63) is 52.2 Å². The summed E-state index contributed by atoms with van der Waals surface area (Å²) in [6, 6.07) is 7.55. The van der Waals surface area contributed by atoms with Crippen LogP contribution < -0.4 is 16.2 Å². The van der Waals surface area contributed by atoms with Gasteiger partial charge in [0.1, 0.15) is 16.9 Å². The number of aromatic amines is 1. The first-order valence-corrected chi connectivity index (χ1v) is 8.52. The van der Waals surface area contributed by atoms with Gasteiger partial charge in [-0.2, -0.15) is 0 Å². The molecule has 3 N–H and O–H groups in total. The summed E-state index contributed by atoms with van der Waals surface area (Å²) < 4.78 is 0. The van der Waals surface area contributed by atoms with Gasteiger partial charge in [-0.15, -0.1) is 0 Å². The van der Waals surface area contributed by atoms with Crippen LogP contribution in [-0.2, 0) is 4.79 Å². The molecule has 2 amide bonds. The van der Waals surface area contributed by atoms with Gasteiger partial charge in [0.05, 0.1) is 11.4 Å². The van der Waals surface area contributed by atoms with Gasteiger partial charge in [0, 0.05) is 19.3 Å². The lowest BCUT2D eigenvalue weighted by atomic mass is 9.84. The van der Waals surface area contributed by atoms with E-state index in [-0.39, 0.29) is 17.4 Å². The second-order valence-electron chi connectivity index (χ2n) is 6.71. The van der Waals surface area contributed by atoms with Crippen LogP contribution in [-0.4, -0.2) is 45.3 Å². The molecular formula is C18H19N5O3. The predicted molar refractivity (Wildman–Crippen MR) is 96.2 cm³/mol. The fourth-order valence-electron chi connectivity index (χ4n) is 3.51. The molecule has 1 saturated heterocycles. The number of carbonyl (C=O) groups is 2. The highest BCUT2D eigenvalue weighted by Gasteiger charge is 2.45. The molecule has 0 bridgehead atoms. The lowest BCUT2D eigenvalue weighted by molar-refractivity contribution is -0.122. The number of aryl methyl sites for hydroxylation is 1. The normalized spacial score (nSPS) is 18.0. The molecule has 2 aromatic rings. The first kappa shape index (κ1) is 16.3. The summed E-state index contributed by atoms with van der Waals surface area (Å²) in [5.74, 6) is 0.0225. The van der Waals surface area contributed by atoms with Gasteiger partial charge in [0.25, 0.3) is 11.5 Å². The first-order valence-electron chi connectivity index (χ1n) is 8.52. The minimum Gasteiger partial charge on any atom is -0.369 e. The van der Waals surface area contributed by atoms with E-state index in [0.29, 0.717) is 31.8 Å². The molecule has 0 saturated carbocycles. The quantitative estimate of drug-likeness (QED) is 0.712. The highest BCUT2D eigenvalue weighted by molar-refractivity contribution is 6.06. The van der Waals surface area contributed by atoms with Crippen molar-refractivity contribution in [3.63, 3.8) is 0 Å². The number of amides is 2. The summed E-state index contributed by atoms with van der Waals surface area (Å²) in [6.45, 7) is 2.43. The van der Waals surface area contributed by atoms with E-state index < -0.39 is 11.1 Å². The highest BCUT2D eigenvalue weighted by atomic mass is 16.2. The molecule has 26 heavy (non-hydrogen) atoms. The number of hydrogen-bond acceptors (Lipinski definition) is 5. The maximum atomic E-state index is 12.6. The van der Waals surface area contributed by atoms with Crippen LogP contribution in [0, 0.1) is 6.92 Å². The van der Waals surface area contributed by atoms with Crippen molar-refractivity contribution in [2.24, 2.45) is 0 Å². The lowest BCUT2D eigenvalue weighted by Gasteiger charge is -2.44. The van der Waals surface area contributed by atoms with E-state index >= 15 is 0 Å². The van der Waals surface area contributed by atoms with Crippen molar-refractivity contribution in [1.82, 2.24) is 14.9 Å². The maximum Gasteiger partial charge on any atom is 0.263 e. The average molecular weight is 353 g/mol. The number of H-pyrrole nitrogens is 1. The lowest BCUT2D eigenvalue weighted by Crippen LogP contribution is -2.59. The molecule has 0 atom stereocenters. The molecule has 3 heterocycles. The van der Waals surface area contributed by atoms with Crippen molar-refractivity contribution < 1.29 is 9.59 Å². The topological polar surface area (TPSA) is 107 Å². The third-order valence-electron chi connectivity index (χ3n) is 5.04. The second-order valence-corrected chi connectivity index (χ2v) is 6.71. The Balaban J connectivity index is 1.51. The van der Waals surface area contributed by atoms with Crippen LogP contribution in [0.3, 0.4) is 0 Å². The Labute approximate surface area is 149 Å². The van der Waals surface area contributed by atoms with Crippen molar-refractivity contribution >= 4 is 23.2 Å². The van der Waals surface area contributed by atoms with Gasteiger partial charge in [0.2, 0.25) is 5.91 Å². The highest BCUT2D eigenvalue weighted by Crippen LogP contribution is 2.36. The van der Waals surface area contributed by atoms with Crippen LogP contribution in [0.4, 0.5) is 11.4 Å². The predicted octanol–water partition coefficient (Wildman–Crippen LogP) is 1.12. The molecule has 1 aromatic heterocycles. The maximum absolute atomic E-state index is 12.6. The van der Waals surface area contributed by atoms with Gasteiger partial charge >= 0.3 is 0 Å². The van der Waals surface area contributed by atoms with Gasteiger partial charge in [-0.25, -0.2) is 4.98 Å². The number of carbonyl (C=O) groups excluding carboxylic acids is 2. The Kier molecular flexibility index (Phi) is 3.75. The zero-order valence-corrected chi connectivity index (χ0v) is 14.3. The third kappa shape index (κ3) is 2.63. The van der Waals surface area contributed by atoms with E-state index in [1.54, 1.807) is 11.8 Å². The number of benzene rings is 1. The number of fused-ring (bicyclic) bond motifs is 1. The van der Waals surface area contributed by atoms with Crippen LogP contribution >= 0.6 is 0 Å². The van der Waals surface area contributed by atoms with E-state index in [9.17, 15) is 14.4 Å². The average Bonchev–Trinajstić information content (AvgIpc) is 2.63. The standard InChI is InChI=1S/C18H19N5O3/c1-11-19-10-12(15(24)20-11)16(25)23-8-6-18(7-9-23)17(26)21-13-4-2-3-5-14(13)22-18/h2-5,10,22H,6-9H2,1H3,(H,21,26)(H,19,20,24). The fourth-order valence-corrected chi connectivity index (χ4v) is 3.51. The molecule has 1 aromatic carbocycles. The molecule has 2 aliphatic heterocycles. The van der Waals surface area contributed by atoms with Gasteiger partial charge < -0.3 is 20.5 Å². The van der Waals surface area contributed by atoms with Gasteiger partial charge in [-0.05, 0) is 31.9 Å². The van der Waals surface area contributed by atoms with Gasteiger partial charge in [-0.3, -0.25) is 14.4 Å². The number of para-hydroxylation sites is 2. The van der Waals surface area contributed by atoms with Crippen molar-refractivity contribution in [2.45, 2.75) is 25.3 Å². The van der Waals surface area contributed by atoms with Crippen LogP contribution in [0.1, 0.15) is 29.0 Å². The fraction of sp³-hybridized carbons (Fsp3) is 0.333. The number of piperidine rings is 1. The molecule has 1 spiro atoms. The summed E-state index contributed by atoms with van der Waals surface area (Å²) in [5, 5.41) is 6.29. The summed E-state index contributed by atoms with van der Waals surface area (Å²) in [6.07, 6.45) is 2.24. The SMILES string of the molecule is Cc1ncc(C(=O)N2CCC3(CC2)Nc2ccccc2NC3=O)c(=O)[nH]1. The smallest absolute Gasteiger partial charge is 0.263 e.